The summed E-state index contributed by atoms with van der Waals surface area (Å²) < 4.78 is 20.7. The van der Waals surface area contributed by atoms with Crippen molar-refractivity contribution in [2.75, 3.05) is 33.4 Å². The lowest BCUT2D eigenvalue weighted by molar-refractivity contribution is -0.127. The molecule has 0 aromatic heterocycles. The van der Waals surface area contributed by atoms with Crippen molar-refractivity contribution in [3.05, 3.63) is 23.8 Å². The van der Waals surface area contributed by atoms with Gasteiger partial charge in [-0.15, -0.1) is 0 Å². The van der Waals surface area contributed by atoms with Gasteiger partial charge in [-0.25, -0.2) is 4.79 Å². The second-order valence-electron chi connectivity index (χ2n) is 5.09. The number of methoxy groups -OCH3 is 1. The smallest absolute Gasteiger partial charge is 0.349 e. The molecule has 0 radical (unpaired) electrons. The third kappa shape index (κ3) is 4.09. The normalized spacial score (nSPS) is 19.3. The van der Waals surface area contributed by atoms with E-state index in [1.165, 1.54) is 7.11 Å². The SMILES string of the molecule is C1COCCN1.COc1cccc2c1C(=O)OC(C)(C)O2. The lowest BCUT2D eigenvalue weighted by atomic mass is 10.1. The van der Waals surface area contributed by atoms with Crippen molar-refractivity contribution in [1.82, 2.24) is 5.32 Å². The monoisotopic (exact) mass is 295 g/mol. The summed E-state index contributed by atoms with van der Waals surface area (Å²) in [4.78, 5) is 11.7. The number of cyclic esters (lactones) is 1. The number of ether oxygens (including phenoxy) is 4. The molecule has 0 unspecified atom stereocenters. The van der Waals surface area contributed by atoms with Crippen molar-refractivity contribution in [1.29, 1.82) is 0 Å². The number of morpholine rings is 1. The molecule has 1 N–H and O–H groups in total. The molecule has 2 aliphatic heterocycles. The fraction of sp³-hybridized carbons (Fsp3) is 0.533. The number of rotatable bonds is 1. The predicted molar refractivity (Wildman–Crippen MR) is 76.8 cm³/mol. The fourth-order valence-electron chi connectivity index (χ4n) is 2.04. The van der Waals surface area contributed by atoms with Crippen molar-refractivity contribution < 1.29 is 23.7 Å². The van der Waals surface area contributed by atoms with Crippen molar-refractivity contribution in [2.24, 2.45) is 0 Å². The predicted octanol–water partition coefficient (Wildman–Crippen LogP) is 1.59. The molecule has 2 heterocycles. The van der Waals surface area contributed by atoms with Crippen LogP contribution in [0.15, 0.2) is 18.2 Å². The van der Waals surface area contributed by atoms with E-state index >= 15 is 0 Å². The Morgan fingerprint density at radius 3 is 2.43 bits per heavy atom. The number of hydrogen-bond acceptors (Lipinski definition) is 6. The van der Waals surface area contributed by atoms with Gasteiger partial charge in [0.15, 0.2) is 0 Å². The van der Waals surface area contributed by atoms with E-state index in [2.05, 4.69) is 5.32 Å². The Balaban J connectivity index is 0.000000225. The zero-order valence-corrected chi connectivity index (χ0v) is 12.6. The van der Waals surface area contributed by atoms with Crippen LogP contribution >= 0.6 is 0 Å². The van der Waals surface area contributed by atoms with Crippen molar-refractivity contribution in [2.45, 2.75) is 19.6 Å². The Morgan fingerprint density at radius 1 is 1.19 bits per heavy atom. The summed E-state index contributed by atoms with van der Waals surface area (Å²) in [6, 6.07) is 5.19. The average Bonchev–Trinajstić information content (AvgIpc) is 2.47. The van der Waals surface area contributed by atoms with Gasteiger partial charge < -0.3 is 24.3 Å². The molecule has 21 heavy (non-hydrogen) atoms. The number of hydrogen-bond donors (Lipinski definition) is 1. The largest absolute Gasteiger partial charge is 0.496 e. The van der Waals surface area contributed by atoms with E-state index in [1.54, 1.807) is 32.0 Å². The number of esters is 1. The average molecular weight is 295 g/mol. The van der Waals surface area contributed by atoms with E-state index < -0.39 is 11.8 Å². The van der Waals surface area contributed by atoms with E-state index in [-0.39, 0.29) is 0 Å². The molecule has 2 aliphatic rings. The van der Waals surface area contributed by atoms with Crippen LogP contribution in [-0.4, -0.2) is 45.2 Å². The highest BCUT2D eigenvalue weighted by Crippen LogP contribution is 2.36. The molecule has 0 spiro atoms. The molecule has 1 saturated heterocycles. The van der Waals surface area contributed by atoms with Crippen LogP contribution < -0.4 is 14.8 Å². The van der Waals surface area contributed by atoms with Crippen molar-refractivity contribution >= 4 is 5.97 Å². The molecular weight excluding hydrogens is 274 g/mol. The summed E-state index contributed by atoms with van der Waals surface area (Å²) in [6.07, 6.45) is 0. The Bertz CT molecular complexity index is 485. The molecule has 6 nitrogen and oxygen atoms in total. The van der Waals surface area contributed by atoms with Crippen LogP contribution in [0, 0.1) is 0 Å². The van der Waals surface area contributed by atoms with Crippen molar-refractivity contribution in [3.63, 3.8) is 0 Å². The standard InChI is InChI=1S/C11H12O4.C4H9NO/c1-11(2)14-8-6-4-5-7(13-3)9(8)10(12)15-11;1-3-6-4-2-5-1/h4-6H,1-3H3;5H,1-4H2. The first-order chi connectivity index (χ1) is 10.0. The fourth-order valence-corrected chi connectivity index (χ4v) is 2.04. The van der Waals surface area contributed by atoms with Crippen LogP contribution in [0.2, 0.25) is 0 Å². The third-order valence-corrected chi connectivity index (χ3v) is 2.95. The van der Waals surface area contributed by atoms with Gasteiger partial charge in [-0.2, -0.15) is 0 Å². The van der Waals surface area contributed by atoms with E-state index in [0.29, 0.717) is 17.1 Å². The maximum absolute atomic E-state index is 11.7. The summed E-state index contributed by atoms with van der Waals surface area (Å²) in [5.74, 6) is -0.376. The molecule has 0 amide bonds. The number of fused-ring (bicyclic) bond motifs is 1. The van der Waals surface area contributed by atoms with E-state index in [4.69, 9.17) is 18.9 Å². The minimum atomic E-state index is -0.920. The zero-order chi connectivity index (χ0) is 15.3. The molecular formula is C15H21NO5. The van der Waals surface area contributed by atoms with Gasteiger partial charge in [-0.05, 0) is 12.1 Å². The molecule has 1 aromatic rings. The Hall–Kier alpha value is -1.79. The summed E-state index contributed by atoms with van der Waals surface area (Å²) >= 11 is 0. The number of benzene rings is 1. The van der Waals surface area contributed by atoms with Gasteiger partial charge in [0.2, 0.25) is 5.79 Å². The number of nitrogens with one attached hydrogen (secondary N) is 1. The third-order valence-electron chi connectivity index (χ3n) is 2.95. The van der Waals surface area contributed by atoms with Gasteiger partial charge in [-0.1, -0.05) is 6.07 Å². The Morgan fingerprint density at radius 2 is 1.90 bits per heavy atom. The lowest BCUT2D eigenvalue weighted by Crippen LogP contribution is -2.38. The molecule has 3 rings (SSSR count). The first-order valence-corrected chi connectivity index (χ1v) is 6.91. The first kappa shape index (κ1) is 15.6. The molecule has 0 aliphatic carbocycles. The minimum Gasteiger partial charge on any atom is -0.496 e. The quantitative estimate of drug-likeness (QED) is 0.794. The molecule has 6 heteroatoms. The highest BCUT2D eigenvalue weighted by Gasteiger charge is 2.35. The zero-order valence-electron chi connectivity index (χ0n) is 12.6. The number of carbonyl (C=O) groups excluding carboxylic acids is 1. The summed E-state index contributed by atoms with van der Waals surface area (Å²) in [5.41, 5.74) is 0.347. The van der Waals surface area contributed by atoms with Crippen LogP contribution in [0.4, 0.5) is 0 Å². The van der Waals surface area contributed by atoms with Crippen molar-refractivity contribution in [3.8, 4) is 11.5 Å². The highest BCUT2D eigenvalue weighted by atomic mass is 16.7. The second-order valence-corrected chi connectivity index (χ2v) is 5.09. The first-order valence-electron chi connectivity index (χ1n) is 6.91. The maximum Gasteiger partial charge on any atom is 0.349 e. The molecule has 0 saturated carbocycles. The maximum atomic E-state index is 11.7. The van der Waals surface area contributed by atoms with Gasteiger partial charge in [0.25, 0.3) is 0 Å². The molecule has 0 bridgehead atoms. The molecule has 116 valence electrons. The minimum absolute atomic E-state index is 0.347. The van der Waals surface area contributed by atoms with Crippen LogP contribution in [-0.2, 0) is 9.47 Å². The topological polar surface area (TPSA) is 66.0 Å². The van der Waals surface area contributed by atoms with E-state index in [9.17, 15) is 4.79 Å². The Kier molecular flexibility index (Phi) is 5.03. The highest BCUT2D eigenvalue weighted by molar-refractivity contribution is 5.96. The van der Waals surface area contributed by atoms with Crippen LogP contribution in [0.25, 0.3) is 0 Å². The van der Waals surface area contributed by atoms with Gasteiger partial charge in [0.1, 0.15) is 17.1 Å². The summed E-state index contributed by atoms with van der Waals surface area (Å²) in [7, 11) is 1.50. The molecule has 0 atom stereocenters. The Labute approximate surface area is 124 Å². The van der Waals surface area contributed by atoms with Gasteiger partial charge in [-0.3, -0.25) is 0 Å². The van der Waals surface area contributed by atoms with Crippen LogP contribution in [0.3, 0.4) is 0 Å². The van der Waals surface area contributed by atoms with Gasteiger partial charge in [0, 0.05) is 26.9 Å². The molecule has 1 aromatic carbocycles. The van der Waals surface area contributed by atoms with E-state index in [1.807, 2.05) is 0 Å². The van der Waals surface area contributed by atoms with E-state index in [0.717, 1.165) is 26.3 Å². The van der Waals surface area contributed by atoms with Crippen LogP contribution in [0.5, 0.6) is 11.5 Å². The summed E-state index contributed by atoms with van der Waals surface area (Å²) in [5, 5.41) is 3.16. The number of carbonyl (C=O) groups is 1. The second kappa shape index (κ2) is 6.78. The van der Waals surface area contributed by atoms with Crippen LogP contribution in [0.1, 0.15) is 24.2 Å². The van der Waals surface area contributed by atoms with Gasteiger partial charge >= 0.3 is 5.97 Å². The summed E-state index contributed by atoms with van der Waals surface area (Å²) in [6.45, 7) is 7.21. The van der Waals surface area contributed by atoms with Gasteiger partial charge in [0.05, 0.1) is 20.3 Å². The molecule has 1 fully saturated rings. The lowest BCUT2D eigenvalue weighted by Gasteiger charge is -2.32.